The Labute approximate surface area is 220 Å². The summed E-state index contributed by atoms with van der Waals surface area (Å²) in [5, 5.41) is 3.90. The van der Waals surface area contributed by atoms with Crippen LogP contribution in [0.3, 0.4) is 0 Å². The molecule has 1 aliphatic heterocycles. The number of fused-ring (bicyclic) bond motifs is 1. The fourth-order valence-corrected chi connectivity index (χ4v) is 4.83. The van der Waals surface area contributed by atoms with E-state index >= 15 is 0 Å². The van der Waals surface area contributed by atoms with E-state index in [1.54, 1.807) is 24.3 Å². The first-order valence-corrected chi connectivity index (χ1v) is 12.1. The Kier molecular flexibility index (Phi) is 6.98. The maximum Gasteiger partial charge on any atom is 0.433 e. The van der Waals surface area contributed by atoms with Gasteiger partial charge in [0.2, 0.25) is 0 Å². The van der Waals surface area contributed by atoms with Crippen molar-refractivity contribution in [1.82, 2.24) is 24.4 Å². The number of carbonyl (C=O) groups is 1. The number of nitrogens with zero attached hydrogens (tertiary/aromatic N) is 5. The molecule has 4 aromatic rings. The van der Waals surface area contributed by atoms with E-state index in [0.29, 0.717) is 41.0 Å². The summed E-state index contributed by atoms with van der Waals surface area (Å²) < 4.78 is 75.4. The fraction of sp³-hybridized carbons (Fsp3) is 0.296. The zero-order valence-corrected chi connectivity index (χ0v) is 21.1. The average molecular weight is 546 g/mol. The Morgan fingerprint density at radius 1 is 1.00 bits per heavy atom. The van der Waals surface area contributed by atoms with Gasteiger partial charge in [0.25, 0.3) is 5.91 Å². The number of benzene rings is 2. The summed E-state index contributed by atoms with van der Waals surface area (Å²) >= 11 is 0. The van der Waals surface area contributed by atoms with E-state index < -0.39 is 29.4 Å². The van der Waals surface area contributed by atoms with Crippen molar-refractivity contribution < 1.29 is 31.5 Å². The van der Waals surface area contributed by atoms with Crippen molar-refractivity contribution in [1.29, 1.82) is 0 Å². The molecule has 5 rings (SSSR count). The van der Waals surface area contributed by atoms with Crippen LogP contribution in [-0.2, 0) is 12.7 Å². The largest absolute Gasteiger partial charge is 0.497 e. The van der Waals surface area contributed by atoms with Gasteiger partial charge in [-0.25, -0.2) is 18.3 Å². The molecule has 2 aromatic heterocycles. The van der Waals surface area contributed by atoms with Crippen LogP contribution in [-0.4, -0.2) is 63.6 Å². The molecule has 0 atom stereocenters. The highest BCUT2D eigenvalue weighted by Gasteiger charge is 2.39. The third-order valence-corrected chi connectivity index (χ3v) is 6.73. The smallest absolute Gasteiger partial charge is 0.433 e. The summed E-state index contributed by atoms with van der Waals surface area (Å²) in [7, 11) is 1.48. The second-order valence-electron chi connectivity index (χ2n) is 9.30. The van der Waals surface area contributed by atoms with Crippen LogP contribution in [0.5, 0.6) is 5.75 Å². The molecule has 0 unspecified atom stereocenters. The van der Waals surface area contributed by atoms with Gasteiger partial charge in [-0.05, 0) is 48.9 Å². The van der Waals surface area contributed by atoms with Gasteiger partial charge in [-0.3, -0.25) is 9.69 Å². The van der Waals surface area contributed by atoms with Crippen molar-refractivity contribution in [2.75, 3.05) is 33.3 Å². The van der Waals surface area contributed by atoms with Gasteiger partial charge in [-0.2, -0.15) is 18.3 Å². The standard InChI is InChI=1S/C27H24F5N5O2/c1-16-23(18-3-5-21(39-2)6-4-18)34-25-22(14-33-37(25)24(16)27(30,31)32)26(38)36-9-7-35(8-10-36)15-17-11-19(28)13-20(29)12-17/h3-6,11-14H,7-10,15H2,1-2H3. The van der Waals surface area contributed by atoms with Gasteiger partial charge < -0.3 is 9.64 Å². The van der Waals surface area contributed by atoms with Crippen molar-refractivity contribution >= 4 is 11.6 Å². The molecule has 1 amide bonds. The summed E-state index contributed by atoms with van der Waals surface area (Å²) in [6.07, 6.45) is -3.64. The summed E-state index contributed by atoms with van der Waals surface area (Å²) in [6.45, 7) is 3.01. The second-order valence-corrected chi connectivity index (χ2v) is 9.30. The quantitative estimate of drug-likeness (QED) is 0.332. The molecule has 39 heavy (non-hydrogen) atoms. The minimum absolute atomic E-state index is 0.0455. The highest BCUT2D eigenvalue weighted by molar-refractivity contribution is 6.00. The highest BCUT2D eigenvalue weighted by Crippen LogP contribution is 2.37. The molecule has 1 aliphatic rings. The summed E-state index contributed by atoms with van der Waals surface area (Å²) in [4.78, 5) is 21.4. The van der Waals surface area contributed by atoms with E-state index in [0.717, 1.165) is 12.3 Å². The number of aromatic nitrogens is 3. The minimum Gasteiger partial charge on any atom is -0.497 e. The van der Waals surface area contributed by atoms with Crippen molar-refractivity contribution in [3.8, 4) is 17.0 Å². The number of amides is 1. The maximum atomic E-state index is 14.2. The second kappa shape index (κ2) is 10.3. The van der Waals surface area contributed by atoms with Crippen LogP contribution in [0, 0.1) is 18.6 Å². The zero-order valence-electron chi connectivity index (χ0n) is 21.1. The van der Waals surface area contributed by atoms with Gasteiger partial charge in [0.15, 0.2) is 11.3 Å². The molecule has 1 fully saturated rings. The van der Waals surface area contributed by atoms with Crippen molar-refractivity contribution in [3.63, 3.8) is 0 Å². The lowest BCUT2D eigenvalue weighted by Gasteiger charge is -2.34. The molecule has 1 saturated heterocycles. The van der Waals surface area contributed by atoms with E-state index in [9.17, 15) is 26.7 Å². The number of hydrogen-bond donors (Lipinski definition) is 0. The lowest BCUT2D eigenvalue weighted by atomic mass is 10.0. The number of methoxy groups -OCH3 is 1. The average Bonchev–Trinajstić information content (AvgIpc) is 3.30. The van der Waals surface area contributed by atoms with Gasteiger partial charge in [-0.1, -0.05) is 0 Å². The van der Waals surface area contributed by atoms with E-state index in [1.165, 1.54) is 31.1 Å². The first-order valence-electron chi connectivity index (χ1n) is 12.1. The van der Waals surface area contributed by atoms with Crippen molar-refractivity contribution in [2.24, 2.45) is 0 Å². The third kappa shape index (κ3) is 5.29. The molecule has 0 spiro atoms. The van der Waals surface area contributed by atoms with Gasteiger partial charge in [0, 0.05) is 49.9 Å². The fourth-order valence-electron chi connectivity index (χ4n) is 4.83. The Morgan fingerprint density at radius 2 is 1.64 bits per heavy atom. The molecule has 2 aromatic carbocycles. The van der Waals surface area contributed by atoms with Crippen molar-refractivity contribution in [2.45, 2.75) is 19.6 Å². The van der Waals surface area contributed by atoms with Crippen LogP contribution in [0.1, 0.15) is 27.2 Å². The van der Waals surface area contributed by atoms with E-state index in [-0.39, 0.29) is 35.6 Å². The SMILES string of the molecule is COc1ccc(-c2nc3c(C(=O)N4CCN(Cc5cc(F)cc(F)c5)CC4)cnn3c(C(F)(F)F)c2C)cc1. The molecule has 204 valence electrons. The minimum atomic E-state index is -4.75. The number of hydrogen-bond acceptors (Lipinski definition) is 5. The van der Waals surface area contributed by atoms with Crippen LogP contribution >= 0.6 is 0 Å². The predicted octanol–water partition coefficient (Wildman–Crippen LogP) is 4.97. The Morgan fingerprint density at radius 3 is 2.23 bits per heavy atom. The molecule has 3 heterocycles. The molecule has 12 heteroatoms. The maximum absolute atomic E-state index is 14.2. The van der Waals surface area contributed by atoms with Crippen LogP contribution < -0.4 is 4.74 Å². The molecule has 0 radical (unpaired) electrons. The van der Waals surface area contributed by atoms with Gasteiger partial charge >= 0.3 is 6.18 Å². The number of halogens is 5. The zero-order chi connectivity index (χ0) is 27.9. The monoisotopic (exact) mass is 545 g/mol. The summed E-state index contributed by atoms with van der Waals surface area (Å²) in [5.74, 6) is -1.29. The Hall–Kier alpha value is -4.06. The molecule has 0 bridgehead atoms. The third-order valence-electron chi connectivity index (χ3n) is 6.73. The van der Waals surface area contributed by atoms with E-state index in [2.05, 4.69) is 10.1 Å². The van der Waals surface area contributed by atoms with E-state index in [4.69, 9.17) is 4.74 Å². The molecular formula is C27H24F5N5O2. The number of carbonyl (C=O) groups excluding carboxylic acids is 1. The molecule has 7 nitrogen and oxygen atoms in total. The van der Waals surface area contributed by atoms with Crippen LogP contribution in [0.2, 0.25) is 0 Å². The van der Waals surface area contributed by atoms with Crippen LogP contribution in [0.4, 0.5) is 22.0 Å². The summed E-state index contributed by atoms with van der Waals surface area (Å²) in [5.41, 5.74) is -0.380. The highest BCUT2D eigenvalue weighted by atomic mass is 19.4. The van der Waals surface area contributed by atoms with Crippen molar-refractivity contribution in [3.05, 3.63) is 82.7 Å². The molecule has 0 aliphatic carbocycles. The Bertz CT molecular complexity index is 1510. The first kappa shape index (κ1) is 26.5. The lowest BCUT2D eigenvalue weighted by Crippen LogP contribution is -2.48. The molecular weight excluding hydrogens is 521 g/mol. The van der Waals surface area contributed by atoms with E-state index in [1.807, 2.05) is 4.90 Å². The van der Waals surface area contributed by atoms with Gasteiger partial charge in [0.05, 0.1) is 19.0 Å². The predicted molar refractivity (Wildman–Crippen MR) is 132 cm³/mol. The van der Waals surface area contributed by atoms with Crippen LogP contribution in [0.15, 0.2) is 48.7 Å². The number of alkyl halides is 3. The first-order chi connectivity index (χ1) is 18.5. The number of ether oxygens (including phenoxy) is 1. The summed E-state index contributed by atoms with van der Waals surface area (Å²) in [6, 6.07) is 9.76. The number of piperazine rings is 1. The molecule has 0 saturated carbocycles. The van der Waals surface area contributed by atoms with Gasteiger partial charge in [0.1, 0.15) is 22.9 Å². The molecule has 0 N–H and O–H groups in total. The van der Waals surface area contributed by atoms with Crippen LogP contribution in [0.25, 0.3) is 16.9 Å². The Balaban J connectivity index is 1.43. The normalized spacial score (nSPS) is 14.7. The topological polar surface area (TPSA) is 63.0 Å². The van der Waals surface area contributed by atoms with Gasteiger partial charge in [-0.15, -0.1) is 0 Å². The number of rotatable bonds is 5. The lowest BCUT2D eigenvalue weighted by molar-refractivity contribution is -0.143.